The maximum Gasteiger partial charge on any atom is 0.275 e. The van der Waals surface area contributed by atoms with E-state index in [4.69, 9.17) is 58.0 Å². The van der Waals surface area contributed by atoms with Crippen LogP contribution < -0.4 is 5.32 Å². The molecule has 3 aromatic rings. The molecule has 1 aliphatic carbocycles. The lowest BCUT2D eigenvalue weighted by Crippen LogP contribution is -2.17. The van der Waals surface area contributed by atoms with E-state index in [2.05, 4.69) is 5.32 Å². The molecular formula is C24H14Cl5FN2O4. The van der Waals surface area contributed by atoms with E-state index in [0.29, 0.717) is 15.6 Å². The van der Waals surface area contributed by atoms with Gasteiger partial charge in [-0.3, -0.25) is 19.7 Å². The van der Waals surface area contributed by atoms with Gasteiger partial charge in [0.2, 0.25) is 5.91 Å². The Morgan fingerprint density at radius 3 is 2.31 bits per heavy atom. The Hall–Kier alpha value is -2.42. The lowest BCUT2D eigenvalue weighted by atomic mass is 10.0. The minimum absolute atomic E-state index is 0.0186. The third-order valence-corrected chi connectivity index (χ3v) is 7.42. The minimum atomic E-state index is -1.40. The molecule has 0 saturated heterocycles. The van der Waals surface area contributed by atoms with Crippen molar-refractivity contribution >= 4 is 81.1 Å². The highest BCUT2D eigenvalue weighted by Crippen LogP contribution is 2.65. The normalized spacial score (nSPS) is 17.9. The number of nitrogens with one attached hydrogen (secondary N) is 1. The third-order valence-electron chi connectivity index (χ3n) is 5.71. The molecule has 0 heterocycles. The van der Waals surface area contributed by atoms with E-state index in [1.54, 1.807) is 18.2 Å². The Labute approximate surface area is 229 Å². The van der Waals surface area contributed by atoms with Crippen molar-refractivity contribution in [2.75, 3.05) is 5.32 Å². The standard InChI is InChI=1S/C24H14Cl5FN2O4/c25-13-5-12(6-14(26)8-13)21-22(24(21,28)29)23(34)31-16-3-4-18(27)17(10-16)20(33)7-11-1-2-15(30)9-19(11)32(35)36/h1-6,8-10,21-22H,7H2,(H,31,34). The number of anilines is 1. The summed E-state index contributed by atoms with van der Waals surface area (Å²) < 4.78 is 12.0. The summed E-state index contributed by atoms with van der Waals surface area (Å²) in [7, 11) is 0. The number of Topliss-reactive ketones (excluding diaryl/α,β-unsaturated/α-hetero) is 1. The number of carbonyl (C=O) groups is 2. The van der Waals surface area contributed by atoms with Gasteiger partial charge in [0.1, 0.15) is 10.2 Å². The zero-order chi connectivity index (χ0) is 26.4. The van der Waals surface area contributed by atoms with Gasteiger partial charge in [-0.2, -0.15) is 0 Å². The number of nitro benzene ring substituents is 1. The van der Waals surface area contributed by atoms with Crippen LogP contribution in [0, 0.1) is 21.8 Å². The van der Waals surface area contributed by atoms with Gasteiger partial charge in [-0.05, 0) is 54.1 Å². The van der Waals surface area contributed by atoms with Crippen LogP contribution in [-0.2, 0) is 11.2 Å². The Morgan fingerprint density at radius 1 is 1.00 bits per heavy atom. The SMILES string of the molecule is O=C(Cc1ccc(F)cc1[N+](=O)[O-])c1cc(NC(=O)C2C(c3cc(Cl)cc(Cl)c3)C2(Cl)Cl)ccc1Cl. The number of nitro groups is 1. The van der Waals surface area contributed by atoms with E-state index in [1.807, 2.05) is 0 Å². The number of nitrogens with zero attached hydrogens (tertiary/aromatic N) is 1. The summed E-state index contributed by atoms with van der Waals surface area (Å²) in [5.74, 6) is -3.26. The molecule has 2 unspecified atom stereocenters. The summed E-state index contributed by atoms with van der Waals surface area (Å²) in [5, 5.41) is 14.7. The van der Waals surface area contributed by atoms with Gasteiger partial charge >= 0.3 is 0 Å². The zero-order valence-corrected chi connectivity index (χ0v) is 21.7. The molecule has 0 radical (unpaired) electrons. The van der Waals surface area contributed by atoms with Gasteiger partial charge in [-0.1, -0.05) is 34.8 Å². The highest BCUT2D eigenvalue weighted by atomic mass is 35.5. The van der Waals surface area contributed by atoms with E-state index in [1.165, 1.54) is 24.3 Å². The van der Waals surface area contributed by atoms with E-state index < -0.39 is 50.7 Å². The van der Waals surface area contributed by atoms with Crippen LogP contribution in [0.5, 0.6) is 0 Å². The number of rotatable bonds is 7. The average Bonchev–Trinajstić information content (AvgIpc) is 3.37. The molecule has 0 aliphatic heterocycles. The van der Waals surface area contributed by atoms with Crippen LogP contribution in [0.15, 0.2) is 54.6 Å². The van der Waals surface area contributed by atoms with Gasteiger partial charge in [0.25, 0.3) is 5.69 Å². The number of hydrogen-bond acceptors (Lipinski definition) is 4. The molecule has 1 fully saturated rings. The van der Waals surface area contributed by atoms with Crippen LogP contribution in [0.2, 0.25) is 15.1 Å². The maximum absolute atomic E-state index is 13.4. The second kappa shape index (κ2) is 10.1. The molecule has 3 aromatic carbocycles. The van der Waals surface area contributed by atoms with E-state index in [-0.39, 0.29) is 21.8 Å². The molecule has 1 amide bonds. The molecule has 0 bridgehead atoms. The number of carbonyl (C=O) groups excluding carboxylic acids is 2. The zero-order valence-electron chi connectivity index (χ0n) is 17.9. The highest BCUT2D eigenvalue weighted by molar-refractivity contribution is 6.53. The number of hydrogen-bond donors (Lipinski definition) is 1. The van der Waals surface area contributed by atoms with Crippen molar-refractivity contribution in [1.82, 2.24) is 0 Å². The van der Waals surface area contributed by atoms with Gasteiger partial charge in [-0.15, -0.1) is 23.2 Å². The van der Waals surface area contributed by atoms with Crippen LogP contribution in [0.3, 0.4) is 0 Å². The minimum Gasteiger partial charge on any atom is -0.326 e. The van der Waals surface area contributed by atoms with Gasteiger partial charge in [0.05, 0.1) is 21.9 Å². The third kappa shape index (κ3) is 5.45. The summed E-state index contributed by atoms with van der Waals surface area (Å²) in [6.45, 7) is 0. The summed E-state index contributed by atoms with van der Waals surface area (Å²) in [6.07, 6.45) is -0.402. The first-order valence-electron chi connectivity index (χ1n) is 10.3. The van der Waals surface area contributed by atoms with Gasteiger partial charge in [0, 0.05) is 39.2 Å². The highest BCUT2D eigenvalue weighted by Gasteiger charge is 2.67. The lowest BCUT2D eigenvalue weighted by Gasteiger charge is -2.10. The van der Waals surface area contributed by atoms with Crippen molar-refractivity contribution in [1.29, 1.82) is 0 Å². The number of alkyl halides is 2. The topological polar surface area (TPSA) is 89.3 Å². The van der Waals surface area contributed by atoms with Crippen LogP contribution in [0.4, 0.5) is 15.8 Å². The van der Waals surface area contributed by atoms with Crippen molar-refractivity contribution in [3.05, 3.63) is 102 Å². The van der Waals surface area contributed by atoms with Crippen molar-refractivity contribution in [2.45, 2.75) is 16.7 Å². The largest absolute Gasteiger partial charge is 0.326 e. The first kappa shape index (κ1) is 26.6. The molecular weight excluding hydrogens is 577 g/mol. The van der Waals surface area contributed by atoms with Gasteiger partial charge in [-0.25, -0.2) is 4.39 Å². The summed E-state index contributed by atoms with van der Waals surface area (Å²) >= 11 is 31.1. The molecule has 1 N–H and O–H groups in total. The second-order valence-electron chi connectivity index (χ2n) is 8.15. The number of ketones is 1. The molecule has 36 heavy (non-hydrogen) atoms. The van der Waals surface area contributed by atoms with Crippen LogP contribution >= 0.6 is 58.0 Å². The Balaban J connectivity index is 1.53. The molecule has 0 spiro atoms. The van der Waals surface area contributed by atoms with Crippen molar-refractivity contribution in [3.63, 3.8) is 0 Å². The molecule has 186 valence electrons. The van der Waals surface area contributed by atoms with Crippen LogP contribution in [0.1, 0.15) is 27.4 Å². The van der Waals surface area contributed by atoms with Crippen molar-refractivity contribution in [3.8, 4) is 0 Å². The van der Waals surface area contributed by atoms with Crippen LogP contribution in [0.25, 0.3) is 0 Å². The molecule has 0 aromatic heterocycles. The monoisotopic (exact) mass is 588 g/mol. The molecule has 4 rings (SSSR count). The second-order valence-corrected chi connectivity index (χ2v) is 10.9. The Kier molecular flexibility index (Phi) is 7.51. The fraction of sp³-hybridized carbons (Fsp3) is 0.167. The van der Waals surface area contributed by atoms with E-state index in [9.17, 15) is 24.1 Å². The maximum atomic E-state index is 13.4. The van der Waals surface area contributed by atoms with E-state index >= 15 is 0 Å². The van der Waals surface area contributed by atoms with Gasteiger partial charge < -0.3 is 5.32 Å². The molecule has 12 heteroatoms. The van der Waals surface area contributed by atoms with Crippen LogP contribution in [-0.4, -0.2) is 20.9 Å². The van der Waals surface area contributed by atoms with Gasteiger partial charge in [0.15, 0.2) is 5.78 Å². The first-order valence-corrected chi connectivity index (χ1v) is 12.2. The smallest absolute Gasteiger partial charge is 0.275 e. The fourth-order valence-corrected chi connectivity index (χ4v) is 5.58. The molecule has 6 nitrogen and oxygen atoms in total. The molecule has 2 atom stereocenters. The fourth-order valence-electron chi connectivity index (χ4n) is 3.98. The van der Waals surface area contributed by atoms with E-state index in [0.717, 1.165) is 12.1 Å². The predicted molar refractivity (Wildman–Crippen MR) is 138 cm³/mol. The summed E-state index contributed by atoms with van der Waals surface area (Å²) in [6, 6.07) is 11.9. The van der Waals surface area contributed by atoms with Crippen molar-refractivity contribution < 1.29 is 18.9 Å². The lowest BCUT2D eigenvalue weighted by molar-refractivity contribution is -0.385. The first-order chi connectivity index (χ1) is 16.9. The Morgan fingerprint density at radius 2 is 1.67 bits per heavy atom. The summed E-state index contributed by atoms with van der Waals surface area (Å²) in [4.78, 5) is 36.4. The number of halogens is 6. The average molecular weight is 591 g/mol. The van der Waals surface area contributed by atoms with Crippen molar-refractivity contribution in [2.24, 2.45) is 5.92 Å². The number of benzene rings is 3. The Bertz CT molecular complexity index is 1390. The molecule has 1 aliphatic rings. The number of amides is 1. The molecule has 1 saturated carbocycles. The quantitative estimate of drug-likeness (QED) is 0.133. The summed E-state index contributed by atoms with van der Waals surface area (Å²) in [5.41, 5.74) is 0.355. The predicted octanol–water partition coefficient (Wildman–Crippen LogP) is 7.65.